The third-order valence-corrected chi connectivity index (χ3v) is 6.08. The molecule has 0 saturated carbocycles. The highest BCUT2D eigenvalue weighted by atomic mass is 16.5. The summed E-state index contributed by atoms with van der Waals surface area (Å²) in [4.78, 5) is 32.4. The number of hydrogen-bond acceptors (Lipinski definition) is 6. The fraction of sp³-hybridized carbons (Fsp3) is 0.417. The maximum Gasteiger partial charge on any atom is 0.265 e. The minimum Gasteiger partial charge on any atom is -0.494 e. The van der Waals surface area contributed by atoms with Gasteiger partial charge in [-0.05, 0) is 44.3 Å². The van der Waals surface area contributed by atoms with E-state index in [2.05, 4.69) is 16.8 Å². The van der Waals surface area contributed by atoms with Crippen molar-refractivity contribution in [1.29, 1.82) is 0 Å². The molecule has 2 aromatic carbocycles. The van der Waals surface area contributed by atoms with Gasteiger partial charge in [-0.1, -0.05) is 18.2 Å². The number of rotatable bonds is 7. The Morgan fingerprint density at radius 2 is 1.74 bits per heavy atom. The van der Waals surface area contributed by atoms with Crippen LogP contribution in [0.4, 0.5) is 5.69 Å². The topological polar surface area (TPSA) is 73.3 Å². The molecule has 164 valence electrons. The molecular formula is C24H29N3O4. The van der Waals surface area contributed by atoms with Crippen molar-refractivity contribution in [2.45, 2.75) is 18.9 Å². The predicted octanol–water partition coefficient (Wildman–Crippen LogP) is 2.10. The van der Waals surface area contributed by atoms with Crippen molar-refractivity contribution in [3.05, 3.63) is 59.7 Å². The smallest absolute Gasteiger partial charge is 0.265 e. The number of amides is 1. The maximum absolute atomic E-state index is 13.4. The van der Waals surface area contributed by atoms with E-state index in [1.807, 2.05) is 19.1 Å². The van der Waals surface area contributed by atoms with Crippen molar-refractivity contribution < 1.29 is 19.4 Å². The number of carbonyl (C=O) groups excluding carboxylic acids is 2. The number of para-hydroxylation sites is 1. The Hall–Kier alpha value is -2.74. The van der Waals surface area contributed by atoms with Gasteiger partial charge in [0.1, 0.15) is 5.75 Å². The van der Waals surface area contributed by atoms with Gasteiger partial charge in [-0.25, -0.2) is 0 Å². The Morgan fingerprint density at radius 3 is 2.42 bits per heavy atom. The Bertz CT molecular complexity index is 954. The van der Waals surface area contributed by atoms with Crippen LogP contribution >= 0.6 is 0 Å². The van der Waals surface area contributed by atoms with E-state index in [1.165, 1.54) is 0 Å². The van der Waals surface area contributed by atoms with E-state index in [0.29, 0.717) is 35.8 Å². The largest absolute Gasteiger partial charge is 0.494 e. The molecule has 2 aliphatic heterocycles. The number of ketones is 1. The fourth-order valence-corrected chi connectivity index (χ4v) is 4.25. The summed E-state index contributed by atoms with van der Waals surface area (Å²) in [7, 11) is 2.08. The zero-order chi connectivity index (χ0) is 22.0. The molecule has 7 heteroatoms. The lowest BCUT2D eigenvalue weighted by Crippen LogP contribution is -2.51. The van der Waals surface area contributed by atoms with Crippen molar-refractivity contribution in [2.24, 2.45) is 0 Å². The lowest BCUT2D eigenvalue weighted by Gasteiger charge is -2.35. The molecular weight excluding hydrogens is 394 g/mol. The van der Waals surface area contributed by atoms with Crippen molar-refractivity contribution in [3.8, 4) is 5.75 Å². The normalized spacial score (nSPS) is 21.9. The highest BCUT2D eigenvalue weighted by Crippen LogP contribution is 2.43. The summed E-state index contributed by atoms with van der Waals surface area (Å²) in [6.07, 6.45) is -0.296. The van der Waals surface area contributed by atoms with Crippen molar-refractivity contribution in [3.63, 3.8) is 0 Å². The Kier molecular flexibility index (Phi) is 6.09. The molecule has 31 heavy (non-hydrogen) atoms. The first-order valence-corrected chi connectivity index (χ1v) is 10.7. The van der Waals surface area contributed by atoms with Crippen LogP contribution in [-0.2, 0) is 10.4 Å². The summed E-state index contributed by atoms with van der Waals surface area (Å²) < 4.78 is 5.42. The predicted molar refractivity (Wildman–Crippen MR) is 118 cm³/mol. The van der Waals surface area contributed by atoms with E-state index in [9.17, 15) is 14.7 Å². The molecule has 0 aliphatic carbocycles. The maximum atomic E-state index is 13.4. The first kappa shape index (κ1) is 21.5. The van der Waals surface area contributed by atoms with Gasteiger partial charge in [0.2, 0.25) is 0 Å². The second-order valence-electron chi connectivity index (χ2n) is 8.23. The van der Waals surface area contributed by atoms with Gasteiger partial charge >= 0.3 is 0 Å². The number of Topliss-reactive ketones (excluding diaryl/α,β-unsaturated/α-hetero) is 1. The molecule has 0 aromatic heterocycles. The molecule has 1 amide bonds. The van der Waals surface area contributed by atoms with Gasteiger partial charge in [-0.15, -0.1) is 0 Å². The zero-order valence-corrected chi connectivity index (χ0v) is 18.1. The van der Waals surface area contributed by atoms with E-state index >= 15 is 0 Å². The first-order chi connectivity index (χ1) is 14.9. The van der Waals surface area contributed by atoms with Gasteiger partial charge in [-0.2, -0.15) is 0 Å². The van der Waals surface area contributed by atoms with Gasteiger partial charge in [0, 0.05) is 37.3 Å². The summed E-state index contributed by atoms with van der Waals surface area (Å²) in [5.74, 6) is -0.0412. The highest BCUT2D eigenvalue weighted by molar-refractivity contribution is 6.10. The quantitative estimate of drug-likeness (QED) is 0.688. The van der Waals surface area contributed by atoms with Gasteiger partial charge in [-0.3, -0.25) is 19.4 Å². The van der Waals surface area contributed by atoms with Gasteiger partial charge < -0.3 is 14.7 Å². The lowest BCUT2D eigenvalue weighted by atomic mass is 9.88. The number of piperazine rings is 1. The molecule has 0 radical (unpaired) electrons. The van der Waals surface area contributed by atoms with E-state index in [1.54, 1.807) is 41.3 Å². The van der Waals surface area contributed by atoms with Crippen LogP contribution < -0.4 is 9.64 Å². The summed E-state index contributed by atoms with van der Waals surface area (Å²) in [5, 5.41) is 11.5. The summed E-state index contributed by atoms with van der Waals surface area (Å²) in [6, 6.07) is 14.0. The summed E-state index contributed by atoms with van der Waals surface area (Å²) >= 11 is 0. The van der Waals surface area contributed by atoms with E-state index in [-0.39, 0.29) is 12.2 Å². The Labute approximate surface area is 182 Å². The van der Waals surface area contributed by atoms with Crippen LogP contribution in [0.1, 0.15) is 29.3 Å². The molecule has 0 spiro atoms. The molecule has 4 rings (SSSR count). The third-order valence-electron chi connectivity index (χ3n) is 6.08. The number of fused-ring (bicyclic) bond motifs is 1. The molecule has 0 bridgehead atoms. The van der Waals surface area contributed by atoms with Crippen molar-refractivity contribution in [1.82, 2.24) is 9.80 Å². The van der Waals surface area contributed by atoms with Crippen LogP contribution in [0.2, 0.25) is 0 Å². The number of ether oxygens (including phenoxy) is 1. The van der Waals surface area contributed by atoms with Gasteiger partial charge in [0.15, 0.2) is 11.4 Å². The van der Waals surface area contributed by atoms with E-state index in [0.717, 1.165) is 26.2 Å². The van der Waals surface area contributed by atoms with Crippen LogP contribution in [0.5, 0.6) is 5.75 Å². The number of carbonyl (C=O) groups is 2. The number of hydrogen-bond donors (Lipinski definition) is 1. The van der Waals surface area contributed by atoms with Crippen LogP contribution in [0, 0.1) is 0 Å². The number of anilines is 1. The summed E-state index contributed by atoms with van der Waals surface area (Å²) in [6.45, 7) is 6.42. The molecule has 1 fully saturated rings. The number of aliphatic hydroxyl groups is 1. The number of likely N-dealkylation sites (N-methyl/N-ethyl adjacent to an activating group) is 1. The van der Waals surface area contributed by atoms with Gasteiger partial charge in [0.25, 0.3) is 5.91 Å². The molecule has 7 nitrogen and oxygen atoms in total. The Balaban J connectivity index is 1.55. The molecule has 2 heterocycles. The number of nitrogens with zero attached hydrogens (tertiary/aromatic N) is 3. The van der Waals surface area contributed by atoms with Crippen molar-refractivity contribution >= 4 is 17.4 Å². The second kappa shape index (κ2) is 8.78. The Morgan fingerprint density at radius 1 is 1.06 bits per heavy atom. The van der Waals surface area contributed by atoms with Crippen LogP contribution in [-0.4, -0.2) is 73.1 Å². The average molecular weight is 424 g/mol. The second-order valence-corrected chi connectivity index (χ2v) is 8.23. The average Bonchev–Trinajstić information content (AvgIpc) is 2.98. The molecule has 1 unspecified atom stereocenters. The van der Waals surface area contributed by atoms with Crippen LogP contribution in [0.3, 0.4) is 0 Å². The minimum atomic E-state index is -1.86. The van der Waals surface area contributed by atoms with E-state index < -0.39 is 11.5 Å². The van der Waals surface area contributed by atoms with Crippen molar-refractivity contribution in [2.75, 3.05) is 51.4 Å². The molecule has 1 saturated heterocycles. The lowest BCUT2D eigenvalue weighted by molar-refractivity contribution is -0.136. The number of benzene rings is 2. The standard InChI is InChI=1S/C24H29N3O4/c1-3-31-19-10-8-18(9-11-19)22(28)16-24(30)20-6-4-5-7-21(20)27(23(24)29)17-26-14-12-25(2)13-15-26/h4-11,30H,3,12-17H2,1-2H3. The first-order valence-electron chi connectivity index (χ1n) is 10.7. The van der Waals surface area contributed by atoms with Crippen LogP contribution in [0.15, 0.2) is 48.5 Å². The molecule has 2 aromatic rings. The monoisotopic (exact) mass is 423 g/mol. The molecule has 1 N–H and O–H groups in total. The van der Waals surface area contributed by atoms with Gasteiger partial charge in [0.05, 0.1) is 25.4 Å². The molecule has 2 aliphatic rings. The summed E-state index contributed by atoms with van der Waals surface area (Å²) in [5.41, 5.74) is -0.250. The van der Waals surface area contributed by atoms with Crippen LogP contribution in [0.25, 0.3) is 0 Å². The molecule has 1 atom stereocenters. The highest BCUT2D eigenvalue weighted by Gasteiger charge is 2.51. The fourth-order valence-electron chi connectivity index (χ4n) is 4.25. The van der Waals surface area contributed by atoms with E-state index in [4.69, 9.17) is 4.74 Å². The zero-order valence-electron chi connectivity index (χ0n) is 18.1. The SMILES string of the molecule is CCOc1ccc(C(=O)CC2(O)C(=O)N(CN3CCN(C)CC3)c3ccccc32)cc1. The third kappa shape index (κ3) is 4.21. The minimum absolute atomic E-state index is 0.282.